The molecule has 0 unspecified atom stereocenters. The van der Waals surface area contributed by atoms with E-state index in [9.17, 15) is 5.11 Å². The number of fused-ring (bicyclic) bond motifs is 1. The fraction of sp³-hybridized carbons (Fsp3) is 0.600. The Balaban J connectivity index is 1.70. The molecule has 0 amide bonds. The Morgan fingerprint density at radius 3 is 2.84 bits per heavy atom. The average molecular weight is 281 g/mol. The Bertz CT molecular complexity index is 454. The van der Waals surface area contributed by atoms with Gasteiger partial charge in [-0.2, -0.15) is 0 Å². The maximum absolute atomic E-state index is 9.79. The highest BCUT2D eigenvalue weighted by molar-refractivity contribution is 6.31. The molecule has 2 heterocycles. The van der Waals surface area contributed by atoms with Crippen LogP contribution in [0.15, 0.2) is 24.3 Å². The van der Waals surface area contributed by atoms with Gasteiger partial charge in [0, 0.05) is 43.3 Å². The first-order valence-electron chi connectivity index (χ1n) is 7.03. The summed E-state index contributed by atoms with van der Waals surface area (Å²) in [6.07, 6.45) is 0.767. The number of hydrogen-bond donors (Lipinski definition) is 1. The van der Waals surface area contributed by atoms with Crippen molar-refractivity contribution in [1.82, 2.24) is 9.80 Å². The van der Waals surface area contributed by atoms with Crippen LogP contribution < -0.4 is 0 Å². The third kappa shape index (κ3) is 2.79. The van der Waals surface area contributed by atoms with E-state index in [2.05, 4.69) is 22.8 Å². The highest BCUT2D eigenvalue weighted by Gasteiger charge is 2.38. The third-order valence-corrected chi connectivity index (χ3v) is 4.77. The summed E-state index contributed by atoms with van der Waals surface area (Å²) in [5.41, 5.74) is 1.20. The molecule has 104 valence electrons. The summed E-state index contributed by atoms with van der Waals surface area (Å²) in [5.74, 6) is 0. The van der Waals surface area contributed by atoms with Crippen molar-refractivity contribution in [3.05, 3.63) is 34.9 Å². The second-order valence-electron chi connectivity index (χ2n) is 5.87. The predicted octanol–water partition coefficient (Wildman–Crippen LogP) is 1.98. The van der Waals surface area contributed by atoms with E-state index < -0.39 is 0 Å². The zero-order valence-electron chi connectivity index (χ0n) is 11.3. The summed E-state index contributed by atoms with van der Waals surface area (Å²) in [5, 5.41) is 10.6. The Morgan fingerprint density at radius 1 is 1.26 bits per heavy atom. The van der Waals surface area contributed by atoms with Gasteiger partial charge in [0.25, 0.3) is 0 Å². The molecule has 0 saturated carbocycles. The minimum Gasteiger partial charge on any atom is -0.392 e. The Kier molecular flexibility index (Phi) is 3.81. The van der Waals surface area contributed by atoms with Gasteiger partial charge >= 0.3 is 0 Å². The molecule has 2 fully saturated rings. The molecular weight excluding hydrogens is 260 g/mol. The van der Waals surface area contributed by atoms with Crippen LogP contribution in [0.4, 0.5) is 0 Å². The van der Waals surface area contributed by atoms with Gasteiger partial charge in [0.05, 0.1) is 6.10 Å². The van der Waals surface area contributed by atoms with E-state index in [1.165, 1.54) is 5.56 Å². The molecule has 3 rings (SSSR count). The topological polar surface area (TPSA) is 26.7 Å². The molecule has 0 bridgehead atoms. The minimum absolute atomic E-state index is 0.141. The van der Waals surface area contributed by atoms with Gasteiger partial charge in [-0.1, -0.05) is 29.8 Å². The zero-order valence-corrected chi connectivity index (χ0v) is 12.1. The first kappa shape index (κ1) is 13.4. The molecule has 19 heavy (non-hydrogen) atoms. The summed E-state index contributed by atoms with van der Waals surface area (Å²) in [6, 6.07) is 9.09. The van der Waals surface area contributed by atoms with E-state index in [4.69, 9.17) is 11.6 Å². The van der Waals surface area contributed by atoms with Crippen molar-refractivity contribution in [2.75, 3.05) is 19.6 Å². The molecule has 1 aromatic carbocycles. The van der Waals surface area contributed by atoms with Crippen LogP contribution in [0.2, 0.25) is 5.02 Å². The fourth-order valence-corrected chi connectivity index (χ4v) is 3.54. The number of aliphatic hydroxyl groups is 1. The zero-order chi connectivity index (χ0) is 13.4. The molecule has 3 atom stereocenters. The van der Waals surface area contributed by atoms with Crippen molar-refractivity contribution in [1.29, 1.82) is 0 Å². The maximum Gasteiger partial charge on any atom is 0.0682 e. The summed E-state index contributed by atoms with van der Waals surface area (Å²) in [4.78, 5) is 4.92. The van der Waals surface area contributed by atoms with Crippen molar-refractivity contribution >= 4 is 11.6 Å². The number of piperazine rings is 1. The van der Waals surface area contributed by atoms with Crippen LogP contribution in [0.5, 0.6) is 0 Å². The van der Waals surface area contributed by atoms with Crippen molar-refractivity contribution in [2.45, 2.75) is 38.1 Å². The smallest absolute Gasteiger partial charge is 0.0682 e. The summed E-state index contributed by atoms with van der Waals surface area (Å²) >= 11 is 6.25. The molecule has 4 heteroatoms. The van der Waals surface area contributed by atoms with Crippen LogP contribution in [-0.4, -0.2) is 52.7 Å². The highest BCUT2D eigenvalue weighted by Crippen LogP contribution is 2.27. The van der Waals surface area contributed by atoms with E-state index in [1.807, 2.05) is 18.2 Å². The van der Waals surface area contributed by atoms with Crippen molar-refractivity contribution < 1.29 is 5.11 Å². The minimum atomic E-state index is -0.141. The van der Waals surface area contributed by atoms with Crippen molar-refractivity contribution in [3.63, 3.8) is 0 Å². The molecule has 2 aliphatic heterocycles. The van der Waals surface area contributed by atoms with Crippen LogP contribution in [0.3, 0.4) is 0 Å². The van der Waals surface area contributed by atoms with Gasteiger partial charge in [0.2, 0.25) is 0 Å². The monoisotopic (exact) mass is 280 g/mol. The number of nitrogens with zero attached hydrogens (tertiary/aromatic N) is 2. The lowest BCUT2D eigenvalue weighted by atomic mass is 10.1. The van der Waals surface area contributed by atoms with Gasteiger partial charge in [-0.05, 0) is 25.0 Å². The molecule has 0 aromatic heterocycles. The highest BCUT2D eigenvalue weighted by atomic mass is 35.5. The molecule has 0 spiro atoms. The molecular formula is C15H21ClN2O. The van der Waals surface area contributed by atoms with E-state index in [0.29, 0.717) is 12.1 Å². The summed E-state index contributed by atoms with van der Waals surface area (Å²) in [7, 11) is 0. The Labute approximate surface area is 119 Å². The fourth-order valence-electron chi connectivity index (χ4n) is 3.34. The molecule has 1 N–H and O–H groups in total. The van der Waals surface area contributed by atoms with Crippen LogP contribution >= 0.6 is 11.6 Å². The van der Waals surface area contributed by atoms with Gasteiger partial charge < -0.3 is 5.11 Å². The number of benzene rings is 1. The van der Waals surface area contributed by atoms with Crippen molar-refractivity contribution in [3.8, 4) is 0 Å². The standard InChI is InChI=1S/C15H21ClN2O/c1-11-7-18-10-14(19)6-13(18)9-17(11)8-12-4-2-3-5-15(12)16/h2-5,11,13-14,19H,6-10H2,1H3/t11-,13-,14+/m0/s1. The van der Waals surface area contributed by atoms with Crippen LogP contribution in [0.1, 0.15) is 18.9 Å². The van der Waals surface area contributed by atoms with E-state index >= 15 is 0 Å². The SMILES string of the molecule is C[C@H]1CN2C[C@H](O)C[C@H]2CN1Cc1ccccc1Cl. The van der Waals surface area contributed by atoms with Gasteiger partial charge in [-0.3, -0.25) is 9.80 Å². The lowest BCUT2D eigenvalue weighted by Gasteiger charge is -2.42. The second-order valence-corrected chi connectivity index (χ2v) is 6.27. The molecule has 3 nitrogen and oxygen atoms in total. The van der Waals surface area contributed by atoms with E-state index in [0.717, 1.165) is 37.6 Å². The van der Waals surface area contributed by atoms with Crippen molar-refractivity contribution in [2.24, 2.45) is 0 Å². The van der Waals surface area contributed by atoms with Gasteiger partial charge in [0.15, 0.2) is 0 Å². The van der Waals surface area contributed by atoms with Gasteiger partial charge in [0.1, 0.15) is 0 Å². The van der Waals surface area contributed by atoms with Crippen LogP contribution in [-0.2, 0) is 6.54 Å². The lowest BCUT2D eigenvalue weighted by Crippen LogP contribution is -2.54. The van der Waals surface area contributed by atoms with Crippen LogP contribution in [0, 0.1) is 0 Å². The molecule has 1 aromatic rings. The normalized spacial score (nSPS) is 32.5. The molecule has 0 radical (unpaired) electrons. The molecule has 0 aliphatic carbocycles. The number of aliphatic hydroxyl groups excluding tert-OH is 1. The quantitative estimate of drug-likeness (QED) is 0.897. The average Bonchev–Trinajstić information content (AvgIpc) is 2.71. The Hall–Kier alpha value is -0.610. The molecule has 2 aliphatic rings. The first-order chi connectivity index (χ1) is 9.13. The lowest BCUT2D eigenvalue weighted by molar-refractivity contribution is 0.0529. The summed E-state index contributed by atoms with van der Waals surface area (Å²) in [6.45, 7) is 6.09. The van der Waals surface area contributed by atoms with Gasteiger partial charge in [-0.25, -0.2) is 0 Å². The summed E-state index contributed by atoms with van der Waals surface area (Å²) < 4.78 is 0. The van der Waals surface area contributed by atoms with Crippen LogP contribution in [0.25, 0.3) is 0 Å². The predicted molar refractivity (Wildman–Crippen MR) is 77.3 cm³/mol. The Morgan fingerprint density at radius 2 is 2.05 bits per heavy atom. The maximum atomic E-state index is 9.79. The van der Waals surface area contributed by atoms with E-state index in [1.54, 1.807) is 0 Å². The second kappa shape index (κ2) is 5.41. The number of halogens is 1. The van der Waals surface area contributed by atoms with Gasteiger partial charge in [-0.15, -0.1) is 0 Å². The first-order valence-corrected chi connectivity index (χ1v) is 7.41. The largest absolute Gasteiger partial charge is 0.392 e. The molecule has 2 saturated heterocycles. The third-order valence-electron chi connectivity index (χ3n) is 4.40. The van der Waals surface area contributed by atoms with E-state index in [-0.39, 0.29) is 6.10 Å². The number of rotatable bonds is 2. The number of hydrogen-bond acceptors (Lipinski definition) is 3.